The van der Waals surface area contributed by atoms with Gasteiger partial charge in [-0.2, -0.15) is 13.2 Å². The van der Waals surface area contributed by atoms with Gasteiger partial charge in [-0.15, -0.1) is 0 Å². The van der Waals surface area contributed by atoms with Crippen molar-refractivity contribution in [2.24, 2.45) is 0 Å². The SMILES string of the molecule is COc1ncnc(OC)c1C(=O)Nc1nc2c(s1)C(CF)(CF)Oc1cc(C(F)(F)F)ccc1-2. The van der Waals surface area contributed by atoms with Gasteiger partial charge in [0.1, 0.15) is 25.4 Å². The van der Waals surface area contributed by atoms with E-state index in [1.165, 1.54) is 14.2 Å². The van der Waals surface area contributed by atoms with Gasteiger partial charge in [0.2, 0.25) is 17.4 Å². The molecule has 1 aromatic carbocycles. The van der Waals surface area contributed by atoms with E-state index >= 15 is 0 Å². The van der Waals surface area contributed by atoms with Crippen LogP contribution in [-0.4, -0.2) is 48.4 Å². The molecule has 34 heavy (non-hydrogen) atoms. The minimum atomic E-state index is -4.69. The van der Waals surface area contributed by atoms with Gasteiger partial charge in [0.25, 0.3) is 5.91 Å². The Morgan fingerprint density at radius 2 is 1.79 bits per heavy atom. The van der Waals surface area contributed by atoms with E-state index in [0.717, 1.165) is 29.8 Å². The Hall–Kier alpha value is -3.55. The van der Waals surface area contributed by atoms with E-state index in [1.54, 1.807) is 0 Å². The van der Waals surface area contributed by atoms with E-state index in [4.69, 9.17) is 14.2 Å². The molecule has 3 aromatic rings. The van der Waals surface area contributed by atoms with Gasteiger partial charge in [-0.25, -0.2) is 23.7 Å². The second kappa shape index (κ2) is 8.66. The molecule has 0 spiro atoms. The van der Waals surface area contributed by atoms with Crippen LogP contribution in [0.3, 0.4) is 0 Å². The molecule has 2 aromatic heterocycles. The molecule has 1 N–H and O–H groups in total. The molecule has 0 atom stereocenters. The number of anilines is 1. The number of halogens is 5. The first kappa shape index (κ1) is 23.6. The molecule has 0 unspecified atom stereocenters. The highest BCUT2D eigenvalue weighted by molar-refractivity contribution is 7.16. The van der Waals surface area contributed by atoms with Crippen LogP contribution in [0.5, 0.6) is 17.5 Å². The van der Waals surface area contributed by atoms with Crippen LogP contribution in [0.1, 0.15) is 20.8 Å². The summed E-state index contributed by atoms with van der Waals surface area (Å²) in [7, 11) is 2.56. The predicted molar refractivity (Wildman–Crippen MR) is 110 cm³/mol. The molecule has 8 nitrogen and oxygen atoms in total. The first-order chi connectivity index (χ1) is 16.2. The van der Waals surface area contributed by atoms with Gasteiger partial charge in [0.15, 0.2) is 10.7 Å². The third-order valence-electron chi connectivity index (χ3n) is 4.95. The summed E-state index contributed by atoms with van der Waals surface area (Å²) >= 11 is 0.722. The maximum absolute atomic E-state index is 14.0. The molecule has 0 fully saturated rings. The molecule has 1 aliphatic rings. The highest BCUT2D eigenvalue weighted by Crippen LogP contribution is 2.50. The molecule has 1 amide bonds. The minimum Gasteiger partial charge on any atom is -0.480 e. The lowest BCUT2D eigenvalue weighted by Gasteiger charge is -2.33. The maximum Gasteiger partial charge on any atom is 0.416 e. The standard InChI is InChI=1S/C20H15F5N4O4S/c1-31-16-12(17(32-2)27-8-26-16)15(30)29-18-28-13-10-4-3-9(20(23,24)25)5-11(10)33-19(6-21,7-22)14(13)34-18/h3-5,8H,6-7H2,1-2H3,(H,28,29,30). The summed E-state index contributed by atoms with van der Waals surface area (Å²) in [6.07, 6.45) is -3.57. The zero-order valence-corrected chi connectivity index (χ0v) is 18.3. The number of ether oxygens (including phenoxy) is 3. The Morgan fingerprint density at radius 1 is 1.15 bits per heavy atom. The van der Waals surface area contributed by atoms with Crippen LogP contribution in [0.4, 0.5) is 27.1 Å². The number of methoxy groups -OCH3 is 2. The second-order valence-electron chi connectivity index (χ2n) is 6.99. The molecule has 0 radical (unpaired) electrons. The summed E-state index contributed by atoms with van der Waals surface area (Å²) < 4.78 is 83.0. The van der Waals surface area contributed by atoms with Crippen molar-refractivity contribution in [3.63, 3.8) is 0 Å². The summed E-state index contributed by atoms with van der Waals surface area (Å²) in [5.41, 5.74) is -3.33. The predicted octanol–water partition coefficient (Wildman–Crippen LogP) is 4.42. The van der Waals surface area contributed by atoms with Gasteiger partial charge in [-0.05, 0) is 18.2 Å². The molecule has 4 rings (SSSR count). The molecule has 0 aliphatic carbocycles. The van der Waals surface area contributed by atoms with Crippen LogP contribution in [0.15, 0.2) is 24.5 Å². The van der Waals surface area contributed by atoms with Crippen molar-refractivity contribution in [3.05, 3.63) is 40.5 Å². The summed E-state index contributed by atoms with van der Waals surface area (Å²) in [5, 5.41) is 2.37. The van der Waals surface area contributed by atoms with Gasteiger partial charge < -0.3 is 14.2 Å². The van der Waals surface area contributed by atoms with Gasteiger partial charge in [-0.3, -0.25) is 10.1 Å². The number of thiazole rings is 1. The number of nitrogens with zero attached hydrogens (tertiary/aromatic N) is 3. The number of alkyl halides is 5. The Labute approximate surface area is 192 Å². The Bertz CT molecular complexity index is 1220. The van der Waals surface area contributed by atoms with Crippen LogP contribution in [0, 0.1) is 0 Å². The van der Waals surface area contributed by atoms with E-state index in [0.29, 0.717) is 6.07 Å². The first-order valence-corrected chi connectivity index (χ1v) is 10.3. The fraction of sp³-hybridized carbons (Fsp3) is 0.300. The monoisotopic (exact) mass is 502 g/mol. The third-order valence-corrected chi connectivity index (χ3v) is 6.11. The van der Waals surface area contributed by atoms with Crippen molar-refractivity contribution < 1.29 is 41.0 Å². The molecule has 1 aliphatic heterocycles. The van der Waals surface area contributed by atoms with Crippen LogP contribution in [0.2, 0.25) is 0 Å². The first-order valence-electron chi connectivity index (χ1n) is 9.45. The maximum atomic E-state index is 14.0. The van der Waals surface area contributed by atoms with E-state index in [2.05, 4.69) is 20.3 Å². The molecule has 3 heterocycles. The average molecular weight is 502 g/mol. The summed E-state index contributed by atoms with van der Waals surface area (Å²) in [6.45, 7) is -2.76. The highest BCUT2D eigenvalue weighted by atomic mass is 32.1. The molecule has 0 saturated carbocycles. The largest absolute Gasteiger partial charge is 0.480 e. The lowest BCUT2D eigenvalue weighted by molar-refractivity contribution is -0.137. The average Bonchev–Trinajstić information content (AvgIpc) is 3.26. The quantitative estimate of drug-likeness (QED) is 0.499. The molecular formula is C20H15F5N4O4S. The van der Waals surface area contributed by atoms with Crippen molar-refractivity contribution >= 4 is 22.4 Å². The summed E-state index contributed by atoms with van der Waals surface area (Å²) in [4.78, 5) is 24.8. The number of carbonyl (C=O) groups is 1. The van der Waals surface area contributed by atoms with Crippen molar-refractivity contribution in [1.29, 1.82) is 0 Å². The van der Waals surface area contributed by atoms with Crippen LogP contribution < -0.4 is 19.5 Å². The zero-order chi connectivity index (χ0) is 24.7. The lowest BCUT2D eigenvalue weighted by Crippen LogP contribution is -2.39. The van der Waals surface area contributed by atoms with E-state index in [9.17, 15) is 26.7 Å². The molecule has 180 valence electrons. The third kappa shape index (κ3) is 3.87. The van der Waals surface area contributed by atoms with Gasteiger partial charge in [-0.1, -0.05) is 11.3 Å². The van der Waals surface area contributed by atoms with Crippen molar-refractivity contribution in [2.45, 2.75) is 11.8 Å². The number of aromatic nitrogens is 3. The number of rotatable bonds is 6. The molecule has 0 bridgehead atoms. The van der Waals surface area contributed by atoms with E-state index < -0.39 is 36.6 Å². The molecule has 14 heteroatoms. The van der Waals surface area contributed by atoms with Crippen molar-refractivity contribution in [2.75, 3.05) is 32.9 Å². The van der Waals surface area contributed by atoms with Gasteiger partial charge in [0, 0.05) is 5.56 Å². The number of carbonyl (C=O) groups excluding carboxylic acids is 1. The van der Waals surface area contributed by atoms with Crippen molar-refractivity contribution in [1.82, 2.24) is 15.0 Å². The van der Waals surface area contributed by atoms with Crippen LogP contribution in [0.25, 0.3) is 11.3 Å². The minimum absolute atomic E-state index is 0.00573. The lowest BCUT2D eigenvalue weighted by atomic mass is 9.95. The Kier molecular flexibility index (Phi) is 6.02. The van der Waals surface area contributed by atoms with Gasteiger partial charge >= 0.3 is 6.18 Å². The number of benzene rings is 1. The van der Waals surface area contributed by atoms with Crippen molar-refractivity contribution in [3.8, 4) is 28.8 Å². The molecule has 0 saturated heterocycles. The fourth-order valence-corrected chi connectivity index (χ4v) is 4.39. The number of hydrogen-bond donors (Lipinski definition) is 1. The normalized spacial score (nSPS) is 14.0. The summed E-state index contributed by atoms with van der Waals surface area (Å²) in [6, 6.07) is 2.56. The summed E-state index contributed by atoms with van der Waals surface area (Å²) in [5.74, 6) is -1.36. The number of hydrogen-bond acceptors (Lipinski definition) is 8. The molecular weight excluding hydrogens is 487 g/mol. The topological polar surface area (TPSA) is 95.5 Å². The zero-order valence-electron chi connectivity index (χ0n) is 17.5. The van der Waals surface area contributed by atoms with E-state index in [1.807, 2.05) is 0 Å². The second-order valence-corrected chi connectivity index (χ2v) is 7.99. The number of amides is 1. The van der Waals surface area contributed by atoms with E-state index in [-0.39, 0.29) is 44.3 Å². The van der Waals surface area contributed by atoms with Gasteiger partial charge in [0.05, 0.1) is 30.4 Å². The van der Waals surface area contributed by atoms with Crippen LogP contribution >= 0.6 is 11.3 Å². The van der Waals surface area contributed by atoms with Crippen LogP contribution in [-0.2, 0) is 11.8 Å². The smallest absolute Gasteiger partial charge is 0.416 e. The Morgan fingerprint density at radius 3 is 2.35 bits per heavy atom. The Balaban J connectivity index is 1.78. The number of nitrogens with one attached hydrogen (secondary N) is 1. The highest BCUT2D eigenvalue weighted by Gasteiger charge is 2.46. The fourth-order valence-electron chi connectivity index (χ4n) is 3.33. The number of fused-ring (bicyclic) bond motifs is 3.